The van der Waals surface area contributed by atoms with Gasteiger partial charge in [-0.15, -0.1) is 0 Å². The Morgan fingerprint density at radius 3 is 2.93 bits per heavy atom. The van der Waals surface area contributed by atoms with E-state index in [2.05, 4.69) is 15.9 Å². The van der Waals surface area contributed by atoms with Gasteiger partial charge in [0.2, 0.25) is 5.78 Å². The molecule has 0 spiro atoms. The second-order valence-corrected chi connectivity index (χ2v) is 4.29. The molecule has 3 nitrogen and oxygen atoms in total. The normalized spacial score (nSPS) is 26.7. The van der Waals surface area contributed by atoms with E-state index in [1.807, 2.05) is 6.92 Å². The Bertz CT molecular complexity index is 345. The highest BCUT2D eigenvalue weighted by atomic mass is 79.9. The molecule has 76 valence electrons. The Labute approximate surface area is 90.6 Å². The largest absolute Gasteiger partial charge is 0.460 e. The minimum absolute atomic E-state index is 0.000463. The Morgan fingerprint density at radius 1 is 1.64 bits per heavy atom. The average Bonchev–Trinajstić information content (AvgIpc) is 2.73. The molecule has 0 aliphatic carbocycles. The van der Waals surface area contributed by atoms with Crippen LogP contribution in [-0.4, -0.2) is 18.5 Å². The van der Waals surface area contributed by atoms with Gasteiger partial charge in [-0.1, -0.05) is 0 Å². The summed E-state index contributed by atoms with van der Waals surface area (Å²) in [6.07, 6.45) is 2.30. The maximum atomic E-state index is 11.9. The molecular formula is C10H11BrO3. The van der Waals surface area contributed by atoms with Gasteiger partial charge in [0, 0.05) is 6.61 Å². The average molecular weight is 259 g/mol. The molecule has 1 aromatic rings. The zero-order valence-corrected chi connectivity index (χ0v) is 9.41. The number of halogens is 1. The van der Waals surface area contributed by atoms with Crippen LogP contribution in [0.3, 0.4) is 0 Å². The van der Waals surface area contributed by atoms with Crippen molar-refractivity contribution in [3.63, 3.8) is 0 Å². The molecule has 0 bridgehead atoms. The number of hydrogen-bond donors (Lipinski definition) is 0. The predicted octanol–water partition coefficient (Wildman–Crippen LogP) is 2.65. The van der Waals surface area contributed by atoms with Crippen molar-refractivity contribution in [1.29, 1.82) is 0 Å². The van der Waals surface area contributed by atoms with Crippen LogP contribution in [0.5, 0.6) is 0 Å². The summed E-state index contributed by atoms with van der Waals surface area (Å²) < 4.78 is 11.2. The Hall–Kier alpha value is -0.610. The van der Waals surface area contributed by atoms with Crippen LogP contribution in [-0.2, 0) is 4.74 Å². The van der Waals surface area contributed by atoms with Crippen molar-refractivity contribution in [1.82, 2.24) is 0 Å². The van der Waals surface area contributed by atoms with E-state index in [0.29, 0.717) is 12.4 Å². The van der Waals surface area contributed by atoms with Gasteiger partial charge in [-0.25, -0.2) is 0 Å². The van der Waals surface area contributed by atoms with Gasteiger partial charge in [0.15, 0.2) is 5.76 Å². The summed E-state index contributed by atoms with van der Waals surface area (Å²) in [7, 11) is 0. The van der Waals surface area contributed by atoms with E-state index in [-0.39, 0.29) is 17.8 Å². The van der Waals surface area contributed by atoms with Crippen molar-refractivity contribution in [3.05, 3.63) is 22.6 Å². The number of carbonyl (C=O) groups excluding carboxylic acids is 1. The molecule has 4 heteroatoms. The molecule has 1 aliphatic heterocycles. The van der Waals surface area contributed by atoms with Crippen molar-refractivity contribution >= 4 is 21.7 Å². The van der Waals surface area contributed by atoms with Crippen LogP contribution in [0, 0.1) is 5.92 Å². The fourth-order valence-electron chi connectivity index (χ4n) is 1.71. The number of hydrogen-bond acceptors (Lipinski definition) is 3. The summed E-state index contributed by atoms with van der Waals surface area (Å²) >= 11 is 3.28. The number of ether oxygens (including phenoxy) is 1. The number of carbonyl (C=O) groups is 1. The first-order valence-electron chi connectivity index (χ1n) is 4.59. The highest BCUT2D eigenvalue weighted by Crippen LogP contribution is 2.28. The lowest BCUT2D eigenvalue weighted by atomic mass is 9.96. The minimum Gasteiger partial charge on any atom is -0.460 e. The monoisotopic (exact) mass is 258 g/mol. The first kappa shape index (κ1) is 9.93. The van der Waals surface area contributed by atoms with E-state index in [1.165, 1.54) is 6.26 Å². The Morgan fingerprint density at radius 2 is 2.43 bits per heavy atom. The molecule has 14 heavy (non-hydrogen) atoms. The lowest BCUT2D eigenvalue weighted by molar-refractivity contribution is 0.0739. The molecule has 1 aliphatic rings. The molecule has 0 saturated carbocycles. The quantitative estimate of drug-likeness (QED) is 0.766. The molecule has 1 fully saturated rings. The van der Waals surface area contributed by atoms with Gasteiger partial charge in [0.1, 0.15) is 0 Å². The number of furan rings is 1. The summed E-state index contributed by atoms with van der Waals surface area (Å²) in [4.78, 5) is 11.9. The molecule has 1 saturated heterocycles. The van der Waals surface area contributed by atoms with Crippen LogP contribution in [0.4, 0.5) is 0 Å². The summed E-state index contributed by atoms with van der Waals surface area (Å²) in [5.41, 5.74) is 0. The first-order valence-corrected chi connectivity index (χ1v) is 5.38. The van der Waals surface area contributed by atoms with E-state index in [0.717, 1.165) is 10.9 Å². The zero-order chi connectivity index (χ0) is 10.1. The van der Waals surface area contributed by atoms with E-state index in [4.69, 9.17) is 9.15 Å². The second-order valence-electron chi connectivity index (χ2n) is 3.43. The molecule has 2 heterocycles. The number of Topliss-reactive ketones (excluding diaryl/α,β-unsaturated/α-hetero) is 1. The van der Waals surface area contributed by atoms with Crippen molar-refractivity contribution in [2.75, 3.05) is 6.61 Å². The van der Waals surface area contributed by atoms with Crippen LogP contribution in [0.1, 0.15) is 23.9 Å². The minimum atomic E-state index is -0.0579. The summed E-state index contributed by atoms with van der Waals surface area (Å²) in [5.74, 6) is 0.386. The van der Waals surface area contributed by atoms with E-state index < -0.39 is 0 Å². The summed E-state index contributed by atoms with van der Waals surface area (Å²) in [5, 5.41) is 0. The first-order chi connectivity index (χ1) is 6.70. The summed E-state index contributed by atoms with van der Waals surface area (Å²) in [6, 6.07) is 1.73. The SMILES string of the molecule is CC1OCCC1C(=O)c1occc1Br. The summed E-state index contributed by atoms with van der Waals surface area (Å²) in [6.45, 7) is 2.59. The maximum absolute atomic E-state index is 11.9. The van der Waals surface area contributed by atoms with Crippen molar-refractivity contribution in [2.24, 2.45) is 5.92 Å². The van der Waals surface area contributed by atoms with Crippen LogP contribution >= 0.6 is 15.9 Å². The molecule has 0 aromatic carbocycles. The highest BCUT2D eigenvalue weighted by Gasteiger charge is 2.33. The van der Waals surface area contributed by atoms with E-state index in [1.54, 1.807) is 6.07 Å². The lowest BCUT2D eigenvalue weighted by Crippen LogP contribution is -2.21. The zero-order valence-electron chi connectivity index (χ0n) is 7.83. The second kappa shape index (κ2) is 3.87. The van der Waals surface area contributed by atoms with Gasteiger partial charge in [-0.3, -0.25) is 4.79 Å². The number of rotatable bonds is 2. The Balaban J connectivity index is 2.20. The van der Waals surface area contributed by atoms with Crippen molar-refractivity contribution in [3.8, 4) is 0 Å². The molecular weight excluding hydrogens is 248 g/mol. The third-order valence-electron chi connectivity index (χ3n) is 2.55. The molecule has 1 aromatic heterocycles. The van der Waals surface area contributed by atoms with Gasteiger partial charge in [-0.2, -0.15) is 0 Å². The van der Waals surface area contributed by atoms with Gasteiger partial charge in [0.25, 0.3) is 0 Å². The van der Waals surface area contributed by atoms with Crippen LogP contribution in [0.2, 0.25) is 0 Å². The molecule has 0 N–H and O–H groups in total. The predicted molar refractivity (Wildman–Crippen MR) is 54.3 cm³/mol. The number of ketones is 1. The maximum Gasteiger partial charge on any atom is 0.204 e. The van der Waals surface area contributed by atoms with Gasteiger partial charge < -0.3 is 9.15 Å². The van der Waals surface area contributed by atoms with Crippen LogP contribution in [0.15, 0.2) is 21.2 Å². The van der Waals surface area contributed by atoms with Crippen molar-refractivity contribution in [2.45, 2.75) is 19.4 Å². The fourth-order valence-corrected chi connectivity index (χ4v) is 2.11. The Kier molecular flexibility index (Phi) is 2.74. The third kappa shape index (κ3) is 1.64. The molecule has 2 atom stereocenters. The van der Waals surface area contributed by atoms with Crippen LogP contribution in [0.25, 0.3) is 0 Å². The van der Waals surface area contributed by atoms with Gasteiger partial charge in [-0.05, 0) is 35.3 Å². The third-order valence-corrected chi connectivity index (χ3v) is 3.18. The lowest BCUT2D eigenvalue weighted by Gasteiger charge is -2.10. The van der Waals surface area contributed by atoms with Crippen molar-refractivity contribution < 1.29 is 13.9 Å². The van der Waals surface area contributed by atoms with Gasteiger partial charge in [0.05, 0.1) is 22.8 Å². The van der Waals surface area contributed by atoms with Crippen LogP contribution < -0.4 is 0 Å². The topological polar surface area (TPSA) is 39.4 Å². The van der Waals surface area contributed by atoms with Gasteiger partial charge >= 0.3 is 0 Å². The highest BCUT2D eigenvalue weighted by molar-refractivity contribution is 9.10. The fraction of sp³-hybridized carbons (Fsp3) is 0.500. The molecule has 0 radical (unpaired) electrons. The van der Waals surface area contributed by atoms with E-state index >= 15 is 0 Å². The molecule has 2 unspecified atom stereocenters. The molecule has 0 amide bonds. The van der Waals surface area contributed by atoms with E-state index in [9.17, 15) is 4.79 Å². The molecule has 2 rings (SSSR count). The smallest absolute Gasteiger partial charge is 0.204 e. The standard InChI is InChI=1S/C10H11BrO3/c1-6-7(2-4-13-6)9(12)10-8(11)3-5-14-10/h3,5-7H,2,4H2,1H3.